The fourth-order valence-corrected chi connectivity index (χ4v) is 3.43. The van der Waals surface area contributed by atoms with E-state index in [2.05, 4.69) is 15.3 Å². The number of hydrogen-bond acceptors (Lipinski definition) is 5. The van der Waals surface area contributed by atoms with Gasteiger partial charge < -0.3 is 14.0 Å². The lowest BCUT2D eigenvalue weighted by atomic mass is 10.1. The van der Waals surface area contributed by atoms with Crippen molar-refractivity contribution in [2.45, 2.75) is 26.3 Å². The zero-order valence-electron chi connectivity index (χ0n) is 18.4. The highest BCUT2D eigenvalue weighted by Gasteiger charge is 2.18. The number of aromatic nitrogens is 3. The molecule has 176 valence electrons. The molecule has 0 aliphatic heterocycles. The second kappa shape index (κ2) is 9.82. The summed E-state index contributed by atoms with van der Waals surface area (Å²) >= 11 is 0. The topological polar surface area (TPSA) is 78.3 Å². The van der Waals surface area contributed by atoms with Gasteiger partial charge in [0.05, 0.1) is 31.1 Å². The van der Waals surface area contributed by atoms with Crippen LogP contribution in [0.25, 0.3) is 11.0 Å². The van der Waals surface area contributed by atoms with Gasteiger partial charge in [-0.25, -0.2) is 23.1 Å². The summed E-state index contributed by atoms with van der Waals surface area (Å²) in [6.45, 7) is 1.14. The Morgan fingerprint density at radius 2 is 2.00 bits per heavy atom. The van der Waals surface area contributed by atoms with Gasteiger partial charge in [0.1, 0.15) is 5.75 Å². The molecule has 0 atom stereocenters. The first kappa shape index (κ1) is 23.1. The van der Waals surface area contributed by atoms with E-state index in [1.165, 1.54) is 30.0 Å². The molecular formula is C24H21F3N4O3. The Hall–Kier alpha value is -4.08. The first-order valence-corrected chi connectivity index (χ1v) is 10.3. The van der Waals surface area contributed by atoms with E-state index in [0.29, 0.717) is 22.3 Å². The fraction of sp³-hybridized carbons (Fsp3) is 0.208. The molecule has 0 saturated heterocycles. The molecule has 4 rings (SSSR count). The summed E-state index contributed by atoms with van der Waals surface area (Å²) in [6, 6.07) is 12.5. The number of halogens is 3. The Bertz CT molecular complexity index is 1340. The predicted octanol–water partition coefficient (Wildman–Crippen LogP) is 5.13. The average molecular weight is 470 g/mol. The third kappa shape index (κ3) is 5.11. The number of nitrogens with one attached hydrogen (secondary N) is 1. The highest BCUT2D eigenvalue weighted by atomic mass is 19.3. The number of alkyl halides is 2. The Balaban J connectivity index is 1.51. The van der Waals surface area contributed by atoms with Gasteiger partial charge in [-0.15, -0.1) is 0 Å². The summed E-state index contributed by atoms with van der Waals surface area (Å²) in [5.41, 5.74) is 1.94. The van der Waals surface area contributed by atoms with Gasteiger partial charge in [-0.1, -0.05) is 12.1 Å². The van der Waals surface area contributed by atoms with Crippen LogP contribution in [0, 0.1) is 12.7 Å². The minimum absolute atomic E-state index is 0.0281. The van der Waals surface area contributed by atoms with E-state index in [4.69, 9.17) is 9.47 Å². The normalized spacial score (nSPS) is 11.1. The molecular weight excluding hydrogens is 449 g/mol. The number of carbonyl (C=O) groups is 1. The van der Waals surface area contributed by atoms with Gasteiger partial charge in [0.2, 0.25) is 17.7 Å². The summed E-state index contributed by atoms with van der Waals surface area (Å²) in [7, 11) is 1.48. The molecule has 34 heavy (non-hydrogen) atoms. The summed E-state index contributed by atoms with van der Waals surface area (Å²) in [4.78, 5) is 20.9. The summed E-state index contributed by atoms with van der Waals surface area (Å²) in [6.07, 6.45) is -1.31. The van der Waals surface area contributed by atoms with E-state index in [-0.39, 0.29) is 24.0 Å². The van der Waals surface area contributed by atoms with Crippen molar-refractivity contribution >= 4 is 22.9 Å². The number of aryl methyl sites for hydroxylation is 1. The van der Waals surface area contributed by atoms with Crippen LogP contribution < -0.4 is 14.8 Å². The monoisotopic (exact) mass is 470 g/mol. The number of fused-ring (bicyclic) bond motifs is 1. The molecule has 1 amide bonds. The van der Waals surface area contributed by atoms with Gasteiger partial charge in [0.25, 0.3) is 6.43 Å². The van der Waals surface area contributed by atoms with Crippen LogP contribution in [0.3, 0.4) is 0 Å². The number of methoxy groups -OCH3 is 1. The molecule has 1 N–H and O–H groups in total. The van der Waals surface area contributed by atoms with Crippen LogP contribution in [0.1, 0.15) is 11.1 Å². The number of pyridine rings is 1. The van der Waals surface area contributed by atoms with Crippen LogP contribution in [0.5, 0.6) is 17.4 Å². The lowest BCUT2D eigenvalue weighted by Crippen LogP contribution is -2.19. The first-order chi connectivity index (χ1) is 16.3. The van der Waals surface area contributed by atoms with Gasteiger partial charge in [-0.05, 0) is 42.8 Å². The minimum Gasteiger partial charge on any atom is -0.497 e. The molecule has 0 saturated carbocycles. The maximum absolute atomic E-state index is 14.6. The zero-order valence-corrected chi connectivity index (χ0v) is 18.4. The van der Waals surface area contributed by atoms with Crippen LogP contribution in [0.2, 0.25) is 0 Å². The number of benzene rings is 2. The minimum atomic E-state index is -2.65. The zero-order chi connectivity index (χ0) is 24.2. The molecule has 0 aliphatic carbocycles. The van der Waals surface area contributed by atoms with Crippen molar-refractivity contribution in [2.24, 2.45) is 0 Å². The van der Waals surface area contributed by atoms with Crippen molar-refractivity contribution < 1.29 is 27.4 Å². The van der Waals surface area contributed by atoms with E-state index in [9.17, 15) is 18.0 Å². The number of rotatable bonds is 8. The molecule has 0 unspecified atom stereocenters. The molecule has 0 aliphatic rings. The number of hydrogen-bond donors (Lipinski definition) is 1. The second-order valence-corrected chi connectivity index (χ2v) is 7.51. The number of anilines is 1. The molecule has 0 bridgehead atoms. The van der Waals surface area contributed by atoms with Crippen LogP contribution >= 0.6 is 0 Å². The Morgan fingerprint density at radius 1 is 1.18 bits per heavy atom. The molecule has 7 nitrogen and oxygen atoms in total. The quantitative estimate of drug-likeness (QED) is 0.387. The smallest absolute Gasteiger partial charge is 0.256 e. The summed E-state index contributed by atoms with van der Waals surface area (Å²) in [5, 5.41) is 2.55. The van der Waals surface area contributed by atoms with Gasteiger partial charge in [-0.3, -0.25) is 10.1 Å². The maximum atomic E-state index is 14.6. The Labute approximate surface area is 193 Å². The number of imidazole rings is 1. The van der Waals surface area contributed by atoms with Crippen molar-refractivity contribution in [1.82, 2.24) is 14.5 Å². The van der Waals surface area contributed by atoms with Gasteiger partial charge in [0.15, 0.2) is 11.6 Å². The molecule has 2 heterocycles. The van der Waals surface area contributed by atoms with Crippen molar-refractivity contribution in [3.8, 4) is 17.4 Å². The van der Waals surface area contributed by atoms with E-state index in [1.807, 2.05) is 0 Å². The van der Waals surface area contributed by atoms with Crippen LogP contribution in [-0.4, -0.2) is 34.0 Å². The lowest BCUT2D eigenvalue weighted by molar-refractivity contribution is -0.115. The van der Waals surface area contributed by atoms with Crippen LogP contribution in [-0.2, 0) is 17.8 Å². The molecule has 2 aromatic carbocycles. The molecule has 2 aromatic heterocycles. The van der Waals surface area contributed by atoms with Crippen molar-refractivity contribution in [2.75, 3.05) is 12.4 Å². The molecule has 4 aromatic rings. The van der Waals surface area contributed by atoms with Gasteiger partial charge >= 0.3 is 0 Å². The summed E-state index contributed by atoms with van der Waals surface area (Å²) in [5.74, 6) is -0.468. The molecule has 0 spiro atoms. The molecule has 0 radical (unpaired) electrons. The standard InChI is InChI=1S/C24H21F3N4O3/c1-14-4-3-9-28-23(14)34-20-8-5-15(10-17(20)25)11-22(32)30-24-29-18-12-16(33-2)6-7-19(18)31(24)13-21(26)27/h3-10,12,21H,11,13H2,1-2H3,(H,29,30,32). The van der Waals surface area contributed by atoms with Crippen LogP contribution in [0.15, 0.2) is 54.7 Å². The number of nitrogens with zero attached hydrogens (tertiary/aromatic N) is 3. The maximum Gasteiger partial charge on any atom is 0.256 e. The second-order valence-electron chi connectivity index (χ2n) is 7.51. The summed E-state index contributed by atoms with van der Waals surface area (Å²) < 4.78 is 52.8. The predicted molar refractivity (Wildman–Crippen MR) is 120 cm³/mol. The molecule has 0 fully saturated rings. The van der Waals surface area contributed by atoms with E-state index in [1.54, 1.807) is 43.3 Å². The van der Waals surface area contributed by atoms with Crippen molar-refractivity contribution in [1.29, 1.82) is 0 Å². The van der Waals surface area contributed by atoms with Gasteiger partial charge in [0, 0.05) is 17.8 Å². The number of carbonyl (C=O) groups excluding carboxylic acids is 1. The highest BCUT2D eigenvalue weighted by molar-refractivity contribution is 5.93. The first-order valence-electron chi connectivity index (χ1n) is 10.3. The average Bonchev–Trinajstić information content (AvgIpc) is 3.12. The van der Waals surface area contributed by atoms with Gasteiger partial charge in [-0.2, -0.15) is 0 Å². The van der Waals surface area contributed by atoms with Crippen molar-refractivity contribution in [3.05, 3.63) is 71.7 Å². The molecule has 10 heteroatoms. The van der Waals surface area contributed by atoms with E-state index in [0.717, 1.165) is 5.56 Å². The third-order valence-corrected chi connectivity index (χ3v) is 5.06. The van der Waals surface area contributed by atoms with E-state index < -0.39 is 24.7 Å². The Morgan fingerprint density at radius 3 is 2.71 bits per heavy atom. The fourth-order valence-electron chi connectivity index (χ4n) is 3.43. The largest absolute Gasteiger partial charge is 0.497 e. The van der Waals surface area contributed by atoms with E-state index >= 15 is 0 Å². The SMILES string of the molecule is COc1ccc2c(c1)nc(NC(=O)Cc1ccc(Oc3ncccc3C)c(F)c1)n2CC(F)F. The van der Waals surface area contributed by atoms with Crippen LogP contribution in [0.4, 0.5) is 19.1 Å². The third-order valence-electron chi connectivity index (χ3n) is 5.06. The number of amides is 1. The highest BCUT2D eigenvalue weighted by Crippen LogP contribution is 2.27. The number of ether oxygens (including phenoxy) is 2. The van der Waals surface area contributed by atoms with Crippen molar-refractivity contribution in [3.63, 3.8) is 0 Å². The lowest BCUT2D eigenvalue weighted by Gasteiger charge is -2.11. The Kier molecular flexibility index (Phi) is 6.67.